The number of aryl methyl sites for hydroxylation is 1. The lowest BCUT2D eigenvalue weighted by Crippen LogP contribution is -2.37. The summed E-state index contributed by atoms with van der Waals surface area (Å²) >= 11 is 0. The first-order valence-electron chi connectivity index (χ1n) is 8.67. The molecule has 1 aliphatic heterocycles. The highest BCUT2D eigenvalue weighted by molar-refractivity contribution is 5.79. The Morgan fingerprint density at radius 2 is 1.77 bits per heavy atom. The smallest absolute Gasteiger partial charge is 0.238 e. The number of ether oxygens (including phenoxy) is 2. The molecule has 1 aliphatic rings. The Kier molecular flexibility index (Phi) is 5.16. The molecule has 0 radical (unpaired) electrons. The quantitative estimate of drug-likeness (QED) is 0.891. The van der Waals surface area contributed by atoms with Crippen molar-refractivity contribution in [1.82, 2.24) is 10.4 Å². The second-order valence-electron chi connectivity index (χ2n) is 6.19. The monoisotopic (exact) mass is 352 g/mol. The largest absolute Gasteiger partial charge is 0.493 e. The maximum atomic E-state index is 12.1. The molecule has 3 rings (SSSR count). The maximum absolute atomic E-state index is 12.1. The topological polar surface area (TPSA) is 50.8 Å². The molecule has 0 saturated heterocycles. The zero-order valence-electron chi connectivity index (χ0n) is 15.6. The molecule has 136 valence electrons. The zero-order valence-corrected chi connectivity index (χ0v) is 15.6. The molecule has 0 saturated carbocycles. The molecular formula is C21H24N2O3. The fourth-order valence-electron chi connectivity index (χ4n) is 3.10. The second kappa shape index (κ2) is 7.52. The van der Waals surface area contributed by atoms with Gasteiger partial charge in [-0.15, -0.1) is 0 Å². The molecule has 0 unspecified atom stereocenters. The van der Waals surface area contributed by atoms with Crippen molar-refractivity contribution in [2.45, 2.75) is 26.3 Å². The van der Waals surface area contributed by atoms with Crippen LogP contribution in [0.5, 0.6) is 11.5 Å². The zero-order chi connectivity index (χ0) is 18.7. The predicted octanol–water partition coefficient (Wildman–Crippen LogP) is 3.72. The van der Waals surface area contributed by atoms with Gasteiger partial charge < -0.3 is 9.47 Å². The van der Waals surface area contributed by atoms with Crippen LogP contribution < -0.4 is 14.9 Å². The molecule has 1 atom stereocenters. The number of nitrogens with one attached hydrogen (secondary N) is 1. The van der Waals surface area contributed by atoms with Crippen LogP contribution in [0.4, 0.5) is 0 Å². The number of carbonyl (C=O) groups is 1. The first kappa shape index (κ1) is 17.9. The van der Waals surface area contributed by atoms with Crippen molar-refractivity contribution in [1.29, 1.82) is 0 Å². The number of rotatable bonds is 5. The fraction of sp³-hybridized carbons (Fsp3) is 0.286. The lowest BCUT2D eigenvalue weighted by molar-refractivity contribution is -0.132. The number of methoxy groups -OCH3 is 2. The van der Waals surface area contributed by atoms with Gasteiger partial charge in [-0.1, -0.05) is 31.2 Å². The van der Waals surface area contributed by atoms with Gasteiger partial charge in [-0.2, -0.15) is 0 Å². The summed E-state index contributed by atoms with van der Waals surface area (Å²) < 4.78 is 10.7. The maximum Gasteiger partial charge on any atom is 0.238 e. The van der Waals surface area contributed by atoms with Crippen LogP contribution in [0.2, 0.25) is 0 Å². The van der Waals surface area contributed by atoms with E-state index >= 15 is 0 Å². The third kappa shape index (κ3) is 3.38. The van der Waals surface area contributed by atoms with Crippen molar-refractivity contribution < 1.29 is 14.3 Å². The molecule has 2 aromatic carbocycles. The van der Waals surface area contributed by atoms with Gasteiger partial charge in [0, 0.05) is 12.5 Å². The van der Waals surface area contributed by atoms with Gasteiger partial charge in [0.05, 0.1) is 26.0 Å². The lowest BCUT2D eigenvalue weighted by Gasteiger charge is -2.24. The summed E-state index contributed by atoms with van der Waals surface area (Å²) in [6.45, 7) is 3.69. The number of nitrogens with zero attached hydrogens (tertiary/aromatic N) is 1. The van der Waals surface area contributed by atoms with Crippen molar-refractivity contribution in [3.05, 3.63) is 65.2 Å². The molecule has 26 heavy (non-hydrogen) atoms. The van der Waals surface area contributed by atoms with Gasteiger partial charge in [-0.3, -0.25) is 10.2 Å². The minimum absolute atomic E-state index is 0.0405. The van der Waals surface area contributed by atoms with Crippen LogP contribution in [0.3, 0.4) is 0 Å². The van der Waals surface area contributed by atoms with Gasteiger partial charge in [-0.25, -0.2) is 5.01 Å². The van der Waals surface area contributed by atoms with Gasteiger partial charge in [0.15, 0.2) is 11.5 Å². The Hall–Kier alpha value is -2.95. The van der Waals surface area contributed by atoms with E-state index in [1.807, 2.05) is 18.2 Å². The average Bonchev–Trinajstić information content (AvgIpc) is 3.13. The molecule has 5 nitrogen and oxygen atoms in total. The Balaban J connectivity index is 1.96. The minimum atomic E-state index is -0.151. The summed E-state index contributed by atoms with van der Waals surface area (Å²) in [6, 6.07) is 13.9. The highest BCUT2D eigenvalue weighted by Crippen LogP contribution is 2.35. The molecule has 0 spiro atoms. The Morgan fingerprint density at radius 3 is 2.35 bits per heavy atom. The Bertz CT molecular complexity index is 828. The summed E-state index contributed by atoms with van der Waals surface area (Å²) in [5, 5.41) is 1.65. The molecule has 1 amide bonds. The summed E-state index contributed by atoms with van der Waals surface area (Å²) in [4.78, 5) is 12.1. The van der Waals surface area contributed by atoms with Crippen molar-refractivity contribution in [2.75, 3.05) is 14.2 Å². The summed E-state index contributed by atoms with van der Waals surface area (Å²) in [6.07, 6.45) is 3.05. The predicted molar refractivity (Wildman–Crippen MR) is 102 cm³/mol. The standard InChI is InChI=1S/C21H24N2O3/c1-5-15-6-8-16(9-7-15)19-13-18(22-23(19)14(2)24)17-10-11-20(25-3)21(12-17)26-4/h6-13,19,22H,5H2,1-4H3/t19-/m0/s1. The number of hydrogen-bond donors (Lipinski definition) is 1. The van der Waals surface area contributed by atoms with E-state index in [1.165, 1.54) is 5.56 Å². The molecule has 0 bridgehead atoms. The third-order valence-corrected chi connectivity index (χ3v) is 4.61. The second-order valence-corrected chi connectivity index (χ2v) is 6.19. The van der Waals surface area contributed by atoms with Gasteiger partial charge in [-0.05, 0) is 41.8 Å². The summed E-state index contributed by atoms with van der Waals surface area (Å²) in [5.74, 6) is 1.28. The lowest BCUT2D eigenvalue weighted by atomic mass is 10.0. The van der Waals surface area contributed by atoms with Crippen LogP contribution in [-0.2, 0) is 11.2 Å². The molecule has 0 fully saturated rings. The van der Waals surface area contributed by atoms with E-state index < -0.39 is 0 Å². The number of benzene rings is 2. The molecule has 0 aromatic heterocycles. The van der Waals surface area contributed by atoms with Gasteiger partial charge in [0.25, 0.3) is 0 Å². The Morgan fingerprint density at radius 1 is 1.08 bits per heavy atom. The molecule has 1 N–H and O–H groups in total. The van der Waals surface area contributed by atoms with Crippen LogP contribution in [0.1, 0.15) is 36.6 Å². The molecular weight excluding hydrogens is 328 g/mol. The SMILES string of the molecule is CCc1ccc([C@@H]2C=C(c3ccc(OC)c(OC)c3)NN2C(C)=O)cc1. The van der Waals surface area contributed by atoms with E-state index in [9.17, 15) is 4.79 Å². The number of hydrogen-bond acceptors (Lipinski definition) is 4. The van der Waals surface area contributed by atoms with E-state index in [2.05, 4.69) is 42.7 Å². The van der Waals surface area contributed by atoms with E-state index in [0.29, 0.717) is 11.5 Å². The summed E-state index contributed by atoms with van der Waals surface area (Å²) in [7, 11) is 3.22. The molecule has 2 aromatic rings. The van der Waals surface area contributed by atoms with Crippen LogP contribution >= 0.6 is 0 Å². The van der Waals surface area contributed by atoms with E-state index in [1.54, 1.807) is 26.2 Å². The number of hydrazine groups is 1. The first-order chi connectivity index (χ1) is 12.6. The van der Waals surface area contributed by atoms with E-state index in [-0.39, 0.29) is 11.9 Å². The minimum Gasteiger partial charge on any atom is -0.493 e. The average molecular weight is 352 g/mol. The Labute approximate surface area is 154 Å². The van der Waals surface area contributed by atoms with Crippen molar-refractivity contribution in [2.24, 2.45) is 0 Å². The summed E-state index contributed by atoms with van der Waals surface area (Å²) in [5.41, 5.74) is 7.37. The van der Waals surface area contributed by atoms with Crippen LogP contribution in [0, 0.1) is 0 Å². The number of carbonyl (C=O) groups excluding carboxylic acids is 1. The van der Waals surface area contributed by atoms with Crippen molar-refractivity contribution >= 4 is 11.6 Å². The van der Waals surface area contributed by atoms with Crippen LogP contribution in [0.15, 0.2) is 48.5 Å². The highest BCUT2D eigenvalue weighted by atomic mass is 16.5. The molecule has 0 aliphatic carbocycles. The van der Waals surface area contributed by atoms with Gasteiger partial charge in [0.2, 0.25) is 5.91 Å². The van der Waals surface area contributed by atoms with Crippen LogP contribution in [-0.4, -0.2) is 25.1 Å². The van der Waals surface area contributed by atoms with Gasteiger partial charge in [0.1, 0.15) is 0 Å². The molecule has 1 heterocycles. The van der Waals surface area contributed by atoms with Crippen LogP contribution in [0.25, 0.3) is 5.70 Å². The van der Waals surface area contributed by atoms with Gasteiger partial charge >= 0.3 is 0 Å². The fourth-order valence-corrected chi connectivity index (χ4v) is 3.10. The van der Waals surface area contributed by atoms with Crippen molar-refractivity contribution in [3.8, 4) is 11.5 Å². The highest BCUT2D eigenvalue weighted by Gasteiger charge is 2.29. The first-order valence-corrected chi connectivity index (χ1v) is 8.67. The van der Waals surface area contributed by atoms with E-state index in [0.717, 1.165) is 23.2 Å². The molecule has 5 heteroatoms. The van der Waals surface area contributed by atoms with Crippen molar-refractivity contribution in [3.63, 3.8) is 0 Å². The number of amides is 1. The third-order valence-electron chi connectivity index (χ3n) is 4.61. The van der Waals surface area contributed by atoms with E-state index in [4.69, 9.17) is 9.47 Å². The normalized spacial score (nSPS) is 16.1.